The summed E-state index contributed by atoms with van der Waals surface area (Å²) in [5, 5.41) is 10.1. The third-order valence-electron chi connectivity index (χ3n) is 3.49. The van der Waals surface area contributed by atoms with Crippen LogP contribution in [0.1, 0.15) is 42.5 Å². The van der Waals surface area contributed by atoms with Gasteiger partial charge in [0, 0.05) is 5.41 Å². The first-order chi connectivity index (χ1) is 10.9. The first-order valence-corrected chi connectivity index (χ1v) is 7.40. The van der Waals surface area contributed by atoms with E-state index in [-0.39, 0.29) is 11.3 Å². The van der Waals surface area contributed by atoms with E-state index in [1.54, 1.807) is 18.2 Å². The Bertz CT molecular complexity index is 664. The number of nitrogens with zero attached hydrogens (tertiary/aromatic N) is 1. The Morgan fingerprint density at radius 3 is 2.30 bits per heavy atom. The molecule has 0 saturated heterocycles. The standard InChI is InChI=1S/C17H23N3O3/c1-17(2,3)14-9-11(19-20-14)10-18-16(21)15-12(22-4)7-6-8-13(15)23-5/h6-9H,10H2,1-5H3,(H,18,21)(H,19,20). The molecule has 6 nitrogen and oxygen atoms in total. The van der Waals surface area contributed by atoms with Crippen LogP contribution in [-0.4, -0.2) is 30.3 Å². The van der Waals surface area contributed by atoms with Crippen LogP contribution in [0, 0.1) is 0 Å². The van der Waals surface area contributed by atoms with Crippen LogP contribution in [0.4, 0.5) is 0 Å². The van der Waals surface area contributed by atoms with E-state index in [0.717, 1.165) is 11.4 Å². The van der Waals surface area contributed by atoms with Gasteiger partial charge in [-0.25, -0.2) is 0 Å². The highest BCUT2D eigenvalue weighted by atomic mass is 16.5. The fourth-order valence-electron chi connectivity index (χ4n) is 2.18. The first kappa shape index (κ1) is 16.9. The number of carbonyl (C=O) groups is 1. The largest absolute Gasteiger partial charge is 0.496 e. The second-order valence-corrected chi connectivity index (χ2v) is 6.25. The topological polar surface area (TPSA) is 76.2 Å². The molecular weight excluding hydrogens is 294 g/mol. The molecule has 0 unspecified atom stereocenters. The predicted molar refractivity (Wildman–Crippen MR) is 88.0 cm³/mol. The van der Waals surface area contributed by atoms with E-state index < -0.39 is 0 Å². The number of carbonyl (C=O) groups excluding carboxylic acids is 1. The lowest BCUT2D eigenvalue weighted by atomic mass is 9.92. The van der Waals surface area contributed by atoms with E-state index in [2.05, 4.69) is 36.3 Å². The van der Waals surface area contributed by atoms with Crippen molar-refractivity contribution in [1.82, 2.24) is 15.5 Å². The summed E-state index contributed by atoms with van der Waals surface area (Å²) in [4.78, 5) is 12.5. The van der Waals surface area contributed by atoms with Gasteiger partial charge in [0.15, 0.2) is 0 Å². The summed E-state index contributed by atoms with van der Waals surface area (Å²) >= 11 is 0. The van der Waals surface area contributed by atoms with Crippen molar-refractivity contribution >= 4 is 5.91 Å². The van der Waals surface area contributed by atoms with Crippen LogP contribution in [0.2, 0.25) is 0 Å². The fraction of sp³-hybridized carbons (Fsp3) is 0.412. The molecule has 0 spiro atoms. The SMILES string of the molecule is COc1cccc(OC)c1C(=O)NCc1cc(C(C)(C)C)n[nH]1. The Balaban J connectivity index is 2.13. The van der Waals surface area contributed by atoms with E-state index >= 15 is 0 Å². The third-order valence-corrected chi connectivity index (χ3v) is 3.49. The molecule has 2 aromatic rings. The smallest absolute Gasteiger partial charge is 0.259 e. The van der Waals surface area contributed by atoms with Crippen molar-refractivity contribution in [2.75, 3.05) is 14.2 Å². The van der Waals surface area contributed by atoms with Gasteiger partial charge in [-0.3, -0.25) is 9.89 Å². The molecule has 0 saturated carbocycles. The number of rotatable bonds is 5. The van der Waals surface area contributed by atoms with E-state index in [1.165, 1.54) is 14.2 Å². The maximum absolute atomic E-state index is 12.5. The minimum Gasteiger partial charge on any atom is -0.496 e. The predicted octanol–water partition coefficient (Wildman–Crippen LogP) is 2.65. The van der Waals surface area contributed by atoms with Gasteiger partial charge in [-0.15, -0.1) is 0 Å². The zero-order chi connectivity index (χ0) is 17.0. The number of methoxy groups -OCH3 is 2. The van der Waals surface area contributed by atoms with Crippen molar-refractivity contribution < 1.29 is 14.3 Å². The van der Waals surface area contributed by atoms with Crippen molar-refractivity contribution in [2.24, 2.45) is 0 Å². The average Bonchev–Trinajstić information content (AvgIpc) is 3.00. The summed E-state index contributed by atoms with van der Waals surface area (Å²) in [7, 11) is 3.05. The van der Waals surface area contributed by atoms with Crippen LogP contribution in [0.15, 0.2) is 24.3 Å². The fourth-order valence-corrected chi connectivity index (χ4v) is 2.18. The lowest BCUT2D eigenvalue weighted by Crippen LogP contribution is -2.24. The minimum atomic E-state index is -0.258. The molecular formula is C17H23N3O3. The molecule has 0 radical (unpaired) electrons. The maximum atomic E-state index is 12.5. The summed E-state index contributed by atoms with van der Waals surface area (Å²) in [5.74, 6) is 0.690. The van der Waals surface area contributed by atoms with Gasteiger partial charge in [0.2, 0.25) is 0 Å². The Labute approximate surface area is 136 Å². The number of aromatic nitrogens is 2. The lowest BCUT2D eigenvalue weighted by molar-refractivity contribution is 0.0944. The lowest BCUT2D eigenvalue weighted by Gasteiger charge is -2.13. The molecule has 1 amide bonds. The Morgan fingerprint density at radius 2 is 1.83 bits per heavy atom. The molecule has 0 fully saturated rings. The zero-order valence-electron chi connectivity index (χ0n) is 14.2. The Hall–Kier alpha value is -2.50. The van der Waals surface area contributed by atoms with Crippen LogP contribution in [0.5, 0.6) is 11.5 Å². The molecule has 1 aromatic heterocycles. The van der Waals surface area contributed by atoms with Gasteiger partial charge in [0.25, 0.3) is 5.91 Å². The average molecular weight is 317 g/mol. The Morgan fingerprint density at radius 1 is 1.22 bits per heavy atom. The summed E-state index contributed by atoms with van der Waals surface area (Å²) < 4.78 is 10.5. The monoisotopic (exact) mass is 317 g/mol. The molecule has 2 rings (SSSR count). The van der Waals surface area contributed by atoms with Gasteiger partial charge in [0.05, 0.1) is 32.2 Å². The minimum absolute atomic E-state index is 0.0371. The molecule has 23 heavy (non-hydrogen) atoms. The van der Waals surface area contributed by atoms with Gasteiger partial charge in [-0.05, 0) is 18.2 Å². The van der Waals surface area contributed by atoms with Gasteiger partial charge in [-0.2, -0.15) is 5.10 Å². The van der Waals surface area contributed by atoms with Crippen molar-refractivity contribution in [1.29, 1.82) is 0 Å². The third kappa shape index (κ3) is 3.83. The van der Waals surface area contributed by atoms with Gasteiger partial charge in [0.1, 0.15) is 17.1 Å². The van der Waals surface area contributed by atoms with Crippen molar-refractivity contribution in [3.05, 3.63) is 41.2 Å². The van der Waals surface area contributed by atoms with Crippen LogP contribution in [0.25, 0.3) is 0 Å². The number of ether oxygens (including phenoxy) is 2. The molecule has 1 aromatic carbocycles. The summed E-state index contributed by atoms with van der Waals surface area (Å²) in [6, 6.07) is 7.19. The number of amides is 1. The molecule has 0 bridgehead atoms. The molecule has 0 aliphatic rings. The van der Waals surface area contributed by atoms with Crippen LogP contribution >= 0.6 is 0 Å². The van der Waals surface area contributed by atoms with Gasteiger partial charge < -0.3 is 14.8 Å². The molecule has 0 aliphatic heterocycles. The number of nitrogens with one attached hydrogen (secondary N) is 2. The summed E-state index contributed by atoms with van der Waals surface area (Å²) in [6.07, 6.45) is 0. The number of H-pyrrole nitrogens is 1. The highest BCUT2D eigenvalue weighted by Crippen LogP contribution is 2.28. The highest BCUT2D eigenvalue weighted by molar-refractivity contribution is 5.99. The first-order valence-electron chi connectivity index (χ1n) is 7.40. The van der Waals surface area contributed by atoms with Crippen molar-refractivity contribution in [3.63, 3.8) is 0 Å². The second-order valence-electron chi connectivity index (χ2n) is 6.25. The van der Waals surface area contributed by atoms with E-state index in [4.69, 9.17) is 9.47 Å². The number of hydrogen-bond donors (Lipinski definition) is 2. The molecule has 2 N–H and O–H groups in total. The molecule has 0 atom stereocenters. The van der Waals surface area contributed by atoms with Crippen molar-refractivity contribution in [2.45, 2.75) is 32.7 Å². The van der Waals surface area contributed by atoms with Gasteiger partial charge >= 0.3 is 0 Å². The summed E-state index contributed by atoms with van der Waals surface area (Å²) in [6.45, 7) is 6.62. The van der Waals surface area contributed by atoms with Crippen LogP contribution < -0.4 is 14.8 Å². The van der Waals surface area contributed by atoms with Gasteiger partial charge in [-0.1, -0.05) is 26.8 Å². The van der Waals surface area contributed by atoms with E-state index in [9.17, 15) is 4.79 Å². The number of benzene rings is 1. The quantitative estimate of drug-likeness (QED) is 0.889. The van der Waals surface area contributed by atoms with Crippen LogP contribution in [0.3, 0.4) is 0 Å². The molecule has 6 heteroatoms. The zero-order valence-corrected chi connectivity index (χ0v) is 14.2. The maximum Gasteiger partial charge on any atom is 0.259 e. The molecule has 124 valence electrons. The normalized spacial score (nSPS) is 11.2. The summed E-state index contributed by atoms with van der Waals surface area (Å²) in [5.41, 5.74) is 2.15. The Kier molecular flexibility index (Phi) is 4.93. The number of hydrogen-bond acceptors (Lipinski definition) is 4. The van der Waals surface area contributed by atoms with E-state index in [1.807, 2.05) is 6.07 Å². The highest BCUT2D eigenvalue weighted by Gasteiger charge is 2.20. The molecule has 0 aliphatic carbocycles. The number of aromatic amines is 1. The van der Waals surface area contributed by atoms with Crippen LogP contribution in [-0.2, 0) is 12.0 Å². The van der Waals surface area contributed by atoms with E-state index in [0.29, 0.717) is 23.6 Å². The van der Waals surface area contributed by atoms with Crippen molar-refractivity contribution in [3.8, 4) is 11.5 Å². The molecule has 1 heterocycles. The second kappa shape index (κ2) is 6.73.